The van der Waals surface area contributed by atoms with E-state index < -0.39 is 6.10 Å². The van der Waals surface area contributed by atoms with E-state index in [0.717, 1.165) is 77.0 Å². The Bertz CT molecular complexity index is 1270. The van der Waals surface area contributed by atoms with E-state index in [4.69, 9.17) is 14.2 Å². The Morgan fingerprint density at radius 1 is 0.274 bits per heavy atom. The van der Waals surface area contributed by atoms with Gasteiger partial charge in [0.1, 0.15) is 13.2 Å². The Morgan fingerprint density at radius 2 is 0.493 bits per heavy atom. The minimum absolute atomic E-state index is 0.0770. The van der Waals surface area contributed by atoms with Crippen LogP contribution in [-0.4, -0.2) is 37.2 Å². The predicted octanol–water partition coefficient (Wildman–Crippen LogP) is 21.8. The van der Waals surface area contributed by atoms with Gasteiger partial charge in [0, 0.05) is 19.3 Å². The molecule has 0 saturated carbocycles. The van der Waals surface area contributed by atoms with Gasteiger partial charge in [0.05, 0.1) is 0 Å². The second-order valence-electron chi connectivity index (χ2n) is 21.7. The molecule has 0 aliphatic carbocycles. The molecule has 0 heterocycles. The van der Waals surface area contributed by atoms with Crippen molar-refractivity contribution in [1.29, 1.82) is 0 Å². The maximum Gasteiger partial charge on any atom is 0.306 e. The van der Waals surface area contributed by atoms with Gasteiger partial charge >= 0.3 is 17.9 Å². The first-order chi connectivity index (χ1) is 36.0. The fourth-order valence-electron chi connectivity index (χ4n) is 9.41. The Balaban J connectivity index is 4.28. The van der Waals surface area contributed by atoms with E-state index in [1.165, 1.54) is 225 Å². The van der Waals surface area contributed by atoms with E-state index in [-0.39, 0.29) is 31.1 Å². The van der Waals surface area contributed by atoms with E-state index in [1.54, 1.807) is 0 Å². The predicted molar refractivity (Wildman–Crippen MR) is 316 cm³/mol. The van der Waals surface area contributed by atoms with Crippen LogP contribution in [0.2, 0.25) is 0 Å². The number of hydrogen-bond donors (Lipinski definition) is 0. The van der Waals surface area contributed by atoms with Crippen molar-refractivity contribution < 1.29 is 28.6 Å². The summed E-state index contributed by atoms with van der Waals surface area (Å²) in [6.07, 6.45) is 76.9. The first kappa shape index (κ1) is 70.4. The number of carbonyl (C=O) groups excluding carboxylic acids is 3. The summed E-state index contributed by atoms with van der Waals surface area (Å²) < 4.78 is 16.9. The molecule has 0 radical (unpaired) electrons. The Morgan fingerprint density at radius 3 is 0.767 bits per heavy atom. The highest BCUT2D eigenvalue weighted by molar-refractivity contribution is 5.71. The van der Waals surface area contributed by atoms with Gasteiger partial charge in [-0.15, -0.1) is 0 Å². The van der Waals surface area contributed by atoms with E-state index in [9.17, 15) is 14.4 Å². The monoisotopic (exact) mass is 1020 g/mol. The van der Waals surface area contributed by atoms with Gasteiger partial charge in [0.2, 0.25) is 0 Å². The average Bonchev–Trinajstić information content (AvgIpc) is 3.39. The first-order valence-corrected chi connectivity index (χ1v) is 32.1. The largest absolute Gasteiger partial charge is 0.462 e. The standard InChI is InChI=1S/C67H122O6/c1-4-7-10-13-16-19-22-25-28-30-31-32-33-34-35-36-37-38-40-42-45-48-51-54-57-60-66(69)72-63-64(62-71-65(68)59-56-53-50-47-44-41-27-24-21-18-15-12-9-6-3)73-67(70)61-58-55-52-49-46-43-39-29-26-23-20-17-14-11-8-5-2/h22,24-25,27,29-31,39,64H,4-21,23,26,28,32-38,40-63H2,1-3H3/b25-22-,27-24-,31-30-,39-29-. The lowest BCUT2D eigenvalue weighted by Gasteiger charge is -2.18. The molecule has 0 rings (SSSR count). The highest BCUT2D eigenvalue weighted by Gasteiger charge is 2.19. The average molecular weight is 1020 g/mol. The quantitative estimate of drug-likeness (QED) is 0.0261. The number of esters is 3. The van der Waals surface area contributed by atoms with E-state index in [1.807, 2.05) is 0 Å². The van der Waals surface area contributed by atoms with Crippen LogP contribution in [0.4, 0.5) is 0 Å². The fourth-order valence-corrected chi connectivity index (χ4v) is 9.41. The van der Waals surface area contributed by atoms with Gasteiger partial charge in [0.25, 0.3) is 0 Å². The summed E-state index contributed by atoms with van der Waals surface area (Å²) in [5.74, 6) is -0.877. The summed E-state index contributed by atoms with van der Waals surface area (Å²) >= 11 is 0. The molecule has 0 bridgehead atoms. The zero-order valence-electron chi connectivity index (χ0n) is 48.9. The van der Waals surface area contributed by atoms with Gasteiger partial charge in [0.15, 0.2) is 6.10 Å². The van der Waals surface area contributed by atoms with Gasteiger partial charge in [-0.2, -0.15) is 0 Å². The lowest BCUT2D eigenvalue weighted by atomic mass is 10.0. The highest BCUT2D eigenvalue weighted by Crippen LogP contribution is 2.16. The molecule has 0 aliphatic rings. The van der Waals surface area contributed by atoms with Crippen molar-refractivity contribution >= 4 is 17.9 Å². The molecule has 0 aromatic heterocycles. The summed E-state index contributed by atoms with van der Waals surface area (Å²) in [4.78, 5) is 38.3. The molecule has 6 heteroatoms. The van der Waals surface area contributed by atoms with Crippen molar-refractivity contribution in [2.24, 2.45) is 0 Å². The Hall–Kier alpha value is -2.63. The molecule has 0 N–H and O–H groups in total. The van der Waals surface area contributed by atoms with Crippen LogP contribution in [0.15, 0.2) is 48.6 Å². The van der Waals surface area contributed by atoms with E-state index in [0.29, 0.717) is 19.3 Å². The van der Waals surface area contributed by atoms with Crippen LogP contribution >= 0.6 is 0 Å². The Labute approximate surface area is 454 Å². The van der Waals surface area contributed by atoms with Gasteiger partial charge in [-0.25, -0.2) is 0 Å². The highest BCUT2D eigenvalue weighted by atomic mass is 16.6. The molecule has 0 saturated heterocycles. The van der Waals surface area contributed by atoms with Gasteiger partial charge in [-0.05, 0) is 103 Å². The third-order valence-corrected chi connectivity index (χ3v) is 14.3. The smallest absolute Gasteiger partial charge is 0.306 e. The third-order valence-electron chi connectivity index (χ3n) is 14.3. The number of ether oxygens (including phenoxy) is 3. The summed E-state index contributed by atoms with van der Waals surface area (Å²) in [6, 6.07) is 0. The summed E-state index contributed by atoms with van der Waals surface area (Å²) in [5, 5.41) is 0. The second kappa shape index (κ2) is 61.9. The van der Waals surface area contributed by atoms with Crippen LogP contribution < -0.4 is 0 Å². The molecule has 6 nitrogen and oxygen atoms in total. The molecule has 0 aliphatic heterocycles. The minimum atomic E-state index is -0.780. The van der Waals surface area contributed by atoms with Crippen LogP contribution in [0, 0.1) is 0 Å². The molecule has 1 atom stereocenters. The maximum absolute atomic E-state index is 12.9. The topological polar surface area (TPSA) is 78.9 Å². The molecular weight excluding hydrogens is 901 g/mol. The fraction of sp³-hybridized carbons (Fsp3) is 0.836. The van der Waals surface area contributed by atoms with Crippen molar-refractivity contribution in [2.75, 3.05) is 13.2 Å². The maximum atomic E-state index is 12.9. The number of hydrogen-bond acceptors (Lipinski definition) is 6. The molecule has 0 aromatic carbocycles. The summed E-state index contributed by atoms with van der Waals surface area (Å²) in [7, 11) is 0. The van der Waals surface area contributed by atoms with E-state index >= 15 is 0 Å². The van der Waals surface area contributed by atoms with Crippen molar-refractivity contribution in [2.45, 2.75) is 348 Å². The summed E-state index contributed by atoms with van der Waals surface area (Å²) in [5.41, 5.74) is 0. The number of rotatable bonds is 59. The second-order valence-corrected chi connectivity index (χ2v) is 21.7. The van der Waals surface area contributed by atoms with Gasteiger partial charge < -0.3 is 14.2 Å². The van der Waals surface area contributed by atoms with Crippen LogP contribution in [-0.2, 0) is 28.6 Å². The lowest BCUT2D eigenvalue weighted by Crippen LogP contribution is -2.30. The minimum Gasteiger partial charge on any atom is -0.462 e. The lowest BCUT2D eigenvalue weighted by molar-refractivity contribution is -0.167. The van der Waals surface area contributed by atoms with Gasteiger partial charge in [-0.1, -0.05) is 268 Å². The van der Waals surface area contributed by atoms with Crippen molar-refractivity contribution in [3.63, 3.8) is 0 Å². The number of allylic oxidation sites excluding steroid dienone is 8. The molecule has 0 aromatic rings. The zero-order chi connectivity index (χ0) is 52.9. The number of carbonyl (C=O) groups is 3. The SMILES string of the molecule is CCCCCCC/C=C\C/C=C\CCCCCCCCCCCCCCCC(=O)OCC(COC(=O)CCCCCCC/C=C\CCCCCCC)OC(=O)CCCCCCC/C=C\CCCCCCCCC. The molecule has 426 valence electrons. The van der Waals surface area contributed by atoms with Crippen LogP contribution in [0.25, 0.3) is 0 Å². The van der Waals surface area contributed by atoms with E-state index in [2.05, 4.69) is 69.4 Å². The number of unbranched alkanes of at least 4 members (excludes halogenated alkanes) is 40. The van der Waals surface area contributed by atoms with Crippen molar-refractivity contribution in [3.8, 4) is 0 Å². The van der Waals surface area contributed by atoms with Crippen LogP contribution in [0.3, 0.4) is 0 Å². The van der Waals surface area contributed by atoms with Crippen molar-refractivity contribution in [3.05, 3.63) is 48.6 Å². The normalized spacial score (nSPS) is 12.3. The molecule has 0 fully saturated rings. The van der Waals surface area contributed by atoms with Crippen molar-refractivity contribution in [1.82, 2.24) is 0 Å². The molecule has 0 spiro atoms. The molecule has 73 heavy (non-hydrogen) atoms. The molecular formula is C67H122O6. The first-order valence-electron chi connectivity index (χ1n) is 32.1. The van der Waals surface area contributed by atoms with Gasteiger partial charge in [-0.3, -0.25) is 14.4 Å². The summed E-state index contributed by atoms with van der Waals surface area (Å²) in [6.45, 7) is 6.65. The van der Waals surface area contributed by atoms with Crippen LogP contribution in [0.5, 0.6) is 0 Å². The van der Waals surface area contributed by atoms with Crippen LogP contribution in [0.1, 0.15) is 342 Å². The third kappa shape index (κ3) is 60.1. The zero-order valence-corrected chi connectivity index (χ0v) is 48.9. The molecule has 0 amide bonds. The molecule has 1 unspecified atom stereocenters. The Kier molecular flexibility index (Phi) is 59.7.